The number of ether oxygens (including phenoxy) is 1. The number of rotatable bonds is 6. The zero-order valence-corrected chi connectivity index (χ0v) is 15.3. The van der Waals surface area contributed by atoms with Gasteiger partial charge in [0.05, 0.1) is 12.9 Å². The van der Waals surface area contributed by atoms with Crippen LogP contribution in [0.5, 0.6) is 5.75 Å². The van der Waals surface area contributed by atoms with E-state index in [4.69, 9.17) is 4.74 Å². The lowest BCUT2D eigenvalue weighted by Crippen LogP contribution is -2.45. The van der Waals surface area contributed by atoms with Crippen LogP contribution in [0.3, 0.4) is 0 Å². The normalized spacial score (nSPS) is 22.1. The lowest BCUT2D eigenvalue weighted by Gasteiger charge is -2.34. The van der Waals surface area contributed by atoms with Crippen LogP contribution in [0.1, 0.15) is 30.6 Å². The van der Waals surface area contributed by atoms with Gasteiger partial charge in [0.1, 0.15) is 5.75 Å². The maximum Gasteiger partial charge on any atom is 0.251 e. The van der Waals surface area contributed by atoms with Gasteiger partial charge in [-0.15, -0.1) is 0 Å². The molecule has 0 bridgehead atoms. The molecule has 1 aliphatic rings. The molecule has 1 heterocycles. The SMILES string of the molecule is COc1ccc(C(=O)NCCS(=O)(=O)N2C[C@H](C)C[C@H](C)C2)cc1. The molecular formula is C17H26N2O4S. The fourth-order valence-electron chi connectivity index (χ4n) is 3.10. The molecule has 1 saturated heterocycles. The molecule has 0 radical (unpaired) electrons. The summed E-state index contributed by atoms with van der Waals surface area (Å²) >= 11 is 0. The molecule has 1 fully saturated rings. The Morgan fingerprint density at radius 2 is 1.79 bits per heavy atom. The molecule has 2 rings (SSSR count). The van der Waals surface area contributed by atoms with E-state index < -0.39 is 10.0 Å². The van der Waals surface area contributed by atoms with Crippen molar-refractivity contribution < 1.29 is 17.9 Å². The average Bonchev–Trinajstić information content (AvgIpc) is 2.53. The summed E-state index contributed by atoms with van der Waals surface area (Å²) in [7, 11) is -1.78. The molecule has 1 aromatic rings. The Morgan fingerprint density at radius 3 is 2.33 bits per heavy atom. The van der Waals surface area contributed by atoms with E-state index in [1.165, 1.54) is 0 Å². The number of nitrogens with zero attached hydrogens (tertiary/aromatic N) is 1. The first-order valence-corrected chi connectivity index (χ1v) is 9.83. The highest BCUT2D eigenvalue weighted by Gasteiger charge is 2.30. The summed E-state index contributed by atoms with van der Waals surface area (Å²) in [6.45, 7) is 5.39. The van der Waals surface area contributed by atoms with Crippen LogP contribution in [0.15, 0.2) is 24.3 Å². The summed E-state index contributed by atoms with van der Waals surface area (Å²) in [4.78, 5) is 12.1. The van der Waals surface area contributed by atoms with E-state index in [1.54, 1.807) is 35.7 Å². The summed E-state index contributed by atoms with van der Waals surface area (Å²) in [6.07, 6.45) is 1.06. The van der Waals surface area contributed by atoms with Gasteiger partial charge in [0.25, 0.3) is 5.91 Å². The van der Waals surface area contributed by atoms with Crippen molar-refractivity contribution in [3.63, 3.8) is 0 Å². The maximum atomic E-state index is 12.4. The molecule has 134 valence electrons. The zero-order valence-electron chi connectivity index (χ0n) is 14.5. The predicted molar refractivity (Wildman–Crippen MR) is 93.6 cm³/mol. The molecule has 0 unspecified atom stereocenters. The van der Waals surface area contributed by atoms with Crippen molar-refractivity contribution >= 4 is 15.9 Å². The molecule has 1 amide bonds. The summed E-state index contributed by atoms with van der Waals surface area (Å²) < 4.78 is 31.5. The lowest BCUT2D eigenvalue weighted by molar-refractivity contribution is 0.0956. The molecule has 0 aromatic heterocycles. The van der Waals surface area contributed by atoms with Gasteiger partial charge < -0.3 is 10.1 Å². The average molecular weight is 354 g/mol. The van der Waals surface area contributed by atoms with Crippen LogP contribution in [0, 0.1) is 11.8 Å². The number of carbonyl (C=O) groups is 1. The molecular weight excluding hydrogens is 328 g/mol. The van der Waals surface area contributed by atoms with Crippen LogP contribution in [0.25, 0.3) is 0 Å². The van der Waals surface area contributed by atoms with E-state index in [1.807, 2.05) is 0 Å². The minimum absolute atomic E-state index is 0.0751. The van der Waals surface area contributed by atoms with E-state index in [0.29, 0.717) is 36.2 Å². The van der Waals surface area contributed by atoms with E-state index in [2.05, 4.69) is 19.2 Å². The number of sulfonamides is 1. The van der Waals surface area contributed by atoms with Crippen molar-refractivity contribution in [2.45, 2.75) is 20.3 Å². The van der Waals surface area contributed by atoms with Gasteiger partial charge in [-0.05, 0) is 42.5 Å². The second kappa shape index (κ2) is 7.98. The number of methoxy groups -OCH3 is 1. The number of hydrogen-bond donors (Lipinski definition) is 1. The monoisotopic (exact) mass is 354 g/mol. The highest BCUT2D eigenvalue weighted by atomic mass is 32.2. The molecule has 7 heteroatoms. The molecule has 2 atom stereocenters. The maximum absolute atomic E-state index is 12.4. The Bertz CT molecular complexity index is 648. The Balaban J connectivity index is 1.86. The van der Waals surface area contributed by atoms with Crippen molar-refractivity contribution in [3.8, 4) is 5.75 Å². The van der Waals surface area contributed by atoms with Gasteiger partial charge in [-0.3, -0.25) is 4.79 Å². The number of nitrogens with one attached hydrogen (secondary N) is 1. The first kappa shape index (κ1) is 18.7. The zero-order chi connectivity index (χ0) is 17.7. The van der Waals surface area contributed by atoms with Crippen LogP contribution in [0.2, 0.25) is 0 Å². The third kappa shape index (κ3) is 4.95. The number of benzene rings is 1. The molecule has 1 aromatic carbocycles. The third-order valence-electron chi connectivity index (χ3n) is 4.23. The molecule has 0 spiro atoms. The third-order valence-corrected chi connectivity index (χ3v) is 6.03. The minimum atomic E-state index is -3.34. The standard InChI is InChI=1S/C17H26N2O4S/c1-13-10-14(2)12-19(11-13)24(21,22)9-8-18-17(20)15-4-6-16(23-3)7-5-15/h4-7,13-14H,8-12H2,1-3H3,(H,18,20)/t13-,14+. The van der Waals surface area contributed by atoms with E-state index in [-0.39, 0.29) is 18.2 Å². The fraction of sp³-hybridized carbons (Fsp3) is 0.588. The van der Waals surface area contributed by atoms with Crippen LogP contribution >= 0.6 is 0 Å². The van der Waals surface area contributed by atoms with Gasteiger partial charge in [0.15, 0.2) is 0 Å². The molecule has 24 heavy (non-hydrogen) atoms. The largest absolute Gasteiger partial charge is 0.497 e. The minimum Gasteiger partial charge on any atom is -0.497 e. The first-order valence-electron chi connectivity index (χ1n) is 8.22. The van der Waals surface area contributed by atoms with Gasteiger partial charge in [-0.25, -0.2) is 12.7 Å². The van der Waals surface area contributed by atoms with Crippen molar-refractivity contribution in [1.29, 1.82) is 0 Å². The summed E-state index contributed by atoms with van der Waals surface area (Å²) in [5.41, 5.74) is 0.480. The van der Waals surface area contributed by atoms with Crippen molar-refractivity contribution in [3.05, 3.63) is 29.8 Å². The van der Waals surface area contributed by atoms with Gasteiger partial charge in [0, 0.05) is 25.2 Å². The Kier molecular flexibility index (Phi) is 6.23. The highest BCUT2D eigenvalue weighted by Crippen LogP contribution is 2.23. The van der Waals surface area contributed by atoms with Crippen LogP contribution in [0.4, 0.5) is 0 Å². The number of hydrogen-bond acceptors (Lipinski definition) is 4. The highest BCUT2D eigenvalue weighted by molar-refractivity contribution is 7.89. The Hall–Kier alpha value is -1.60. The van der Waals surface area contributed by atoms with Crippen molar-refractivity contribution in [1.82, 2.24) is 9.62 Å². The second-order valence-electron chi connectivity index (χ2n) is 6.56. The van der Waals surface area contributed by atoms with Crippen LogP contribution < -0.4 is 10.1 Å². The fourth-order valence-corrected chi connectivity index (χ4v) is 4.68. The summed E-state index contributed by atoms with van der Waals surface area (Å²) in [5.74, 6) is 1.06. The van der Waals surface area contributed by atoms with Gasteiger partial charge >= 0.3 is 0 Å². The van der Waals surface area contributed by atoms with Crippen molar-refractivity contribution in [2.24, 2.45) is 11.8 Å². The summed E-state index contributed by atoms with van der Waals surface area (Å²) in [5, 5.41) is 2.67. The second-order valence-corrected chi connectivity index (χ2v) is 8.65. The number of amides is 1. The van der Waals surface area contributed by atoms with E-state index in [9.17, 15) is 13.2 Å². The van der Waals surface area contributed by atoms with E-state index >= 15 is 0 Å². The molecule has 1 N–H and O–H groups in total. The van der Waals surface area contributed by atoms with Gasteiger partial charge in [0.2, 0.25) is 10.0 Å². The number of carbonyl (C=O) groups excluding carboxylic acids is 1. The molecule has 6 nitrogen and oxygen atoms in total. The van der Waals surface area contributed by atoms with Crippen LogP contribution in [-0.4, -0.2) is 51.1 Å². The Labute approximate surface area is 144 Å². The quantitative estimate of drug-likeness (QED) is 0.844. The molecule has 0 saturated carbocycles. The Morgan fingerprint density at radius 1 is 1.21 bits per heavy atom. The number of piperidine rings is 1. The van der Waals surface area contributed by atoms with Crippen LogP contribution in [-0.2, 0) is 10.0 Å². The smallest absolute Gasteiger partial charge is 0.251 e. The molecule has 1 aliphatic heterocycles. The molecule has 0 aliphatic carbocycles. The summed E-state index contributed by atoms with van der Waals surface area (Å²) in [6, 6.07) is 6.69. The first-order chi connectivity index (χ1) is 11.3. The lowest BCUT2D eigenvalue weighted by atomic mass is 9.94. The predicted octanol–water partition coefficient (Wildman–Crippen LogP) is 1.73. The van der Waals surface area contributed by atoms with E-state index in [0.717, 1.165) is 6.42 Å². The van der Waals surface area contributed by atoms with Gasteiger partial charge in [-0.2, -0.15) is 0 Å². The van der Waals surface area contributed by atoms with Crippen molar-refractivity contribution in [2.75, 3.05) is 32.5 Å². The topological polar surface area (TPSA) is 75.7 Å². The van der Waals surface area contributed by atoms with Gasteiger partial charge in [-0.1, -0.05) is 13.8 Å².